The van der Waals surface area contributed by atoms with Crippen molar-refractivity contribution in [2.75, 3.05) is 13.7 Å². The number of methoxy groups -OCH3 is 1. The van der Waals surface area contributed by atoms with E-state index in [-0.39, 0.29) is 11.0 Å². The predicted molar refractivity (Wildman–Crippen MR) is 91.9 cm³/mol. The number of amides is 2. The van der Waals surface area contributed by atoms with Crippen molar-refractivity contribution in [1.29, 1.82) is 0 Å². The largest absolute Gasteiger partial charge is 0.495 e. The van der Waals surface area contributed by atoms with Crippen molar-refractivity contribution in [2.24, 2.45) is 0 Å². The first kappa shape index (κ1) is 18.4. The second-order valence-electron chi connectivity index (χ2n) is 5.20. The van der Waals surface area contributed by atoms with Crippen molar-refractivity contribution in [3.05, 3.63) is 33.7 Å². The number of carbonyl (C=O) groups excluding carboxylic acids is 3. The van der Waals surface area contributed by atoms with Gasteiger partial charge in [0, 0.05) is 0 Å². The molecule has 0 spiro atoms. The van der Waals surface area contributed by atoms with E-state index in [0.717, 1.165) is 16.7 Å². The minimum Gasteiger partial charge on any atom is -0.495 e. The molecule has 24 heavy (non-hydrogen) atoms. The van der Waals surface area contributed by atoms with Gasteiger partial charge in [0.2, 0.25) is 0 Å². The molecule has 1 aliphatic heterocycles. The fourth-order valence-corrected chi connectivity index (χ4v) is 3.09. The van der Waals surface area contributed by atoms with Crippen LogP contribution in [-0.2, 0) is 14.3 Å². The number of halogens is 1. The van der Waals surface area contributed by atoms with Gasteiger partial charge in [-0.2, -0.15) is 0 Å². The average molecular weight is 370 g/mol. The minimum absolute atomic E-state index is 0.221. The molecule has 0 radical (unpaired) electrons. The van der Waals surface area contributed by atoms with E-state index < -0.39 is 23.7 Å². The Labute approximate surface area is 148 Å². The number of thioether (sulfide) groups is 1. The lowest BCUT2D eigenvalue weighted by atomic mass is 10.2. The molecule has 0 aliphatic carbocycles. The molecule has 2 amide bonds. The molecule has 1 aromatic rings. The average Bonchev–Trinajstić information content (AvgIpc) is 2.74. The normalized spacial score (nSPS) is 16.2. The first-order valence-corrected chi connectivity index (χ1v) is 8.29. The fourth-order valence-electron chi connectivity index (χ4n) is 1.99. The minimum atomic E-state index is -0.624. The van der Waals surface area contributed by atoms with E-state index in [2.05, 4.69) is 0 Å². The lowest BCUT2D eigenvalue weighted by Crippen LogP contribution is -2.35. The number of benzene rings is 1. The summed E-state index contributed by atoms with van der Waals surface area (Å²) in [5.41, 5.74) is 0.649. The molecule has 0 unspecified atom stereocenters. The second kappa shape index (κ2) is 7.72. The highest BCUT2D eigenvalue weighted by molar-refractivity contribution is 8.18. The van der Waals surface area contributed by atoms with Crippen LogP contribution in [0.3, 0.4) is 0 Å². The van der Waals surface area contributed by atoms with E-state index in [0.29, 0.717) is 16.3 Å². The highest BCUT2D eigenvalue weighted by Gasteiger charge is 2.36. The van der Waals surface area contributed by atoms with Crippen LogP contribution in [0.1, 0.15) is 19.4 Å². The summed E-state index contributed by atoms with van der Waals surface area (Å²) in [6, 6.07) is 5.01. The predicted octanol–water partition coefficient (Wildman–Crippen LogP) is 3.34. The van der Waals surface area contributed by atoms with Crippen molar-refractivity contribution >= 4 is 46.6 Å². The van der Waals surface area contributed by atoms with Gasteiger partial charge in [-0.3, -0.25) is 19.3 Å². The van der Waals surface area contributed by atoms with Gasteiger partial charge in [0.05, 0.1) is 23.1 Å². The quantitative estimate of drug-likeness (QED) is 0.585. The maximum atomic E-state index is 12.3. The summed E-state index contributed by atoms with van der Waals surface area (Å²) in [5.74, 6) is -0.642. The third-order valence-corrected chi connectivity index (χ3v) is 4.20. The number of rotatable bonds is 5. The zero-order chi connectivity index (χ0) is 17.9. The third-order valence-electron chi connectivity index (χ3n) is 3.00. The van der Waals surface area contributed by atoms with E-state index in [1.54, 1.807) is 38.1 Å². The lowest BCUT2D eigenvalue weighted by molar-refractivity contribution is -0.149. The van der Waals surface area contributed by atoms with Crippen LogP contribution in [0.25, 0.3) is 6.08 Å². The van der Waals surface area contributed by atoms with Gasteiger partial charge in [-0.05, 0) is 49.4 Å². The van der Waals surface area contributed by atoms with E-state index in [1.165, 1.54) is 7.11 Å². The van der Waals surface area contributed by atoms with Crippen LogP contribution in [0, 0.1) is 0 Å². The fraction of sp³-hybridized carbons (Fsp3) is 0.312. The molecule has 0 bridgehead atoms. The standard InChI is InChI=1S/C16H16ClNO5S/c1-9(2)23-14(19)8-18-15(20)13(24-16(18)21)7-10-4-5-12(22-3)11(17)6-10/h4-7,9H,8H2,1-3H3/b13-7+. The highest BCUT2D eigenvalue weighted by atomic mass is 35.5. The highest BCUT2D eigenvalue weighted by Crippen LogP contribution is 2.33. The number of hydrogen-bond donors (Lipinski definition) is 0. The zero-order valence-corrected chi connectivity index (χ0v) is 14.9. The molecule has 2 rings (SSSR count). The molecule has 1 aromatic carbocycles. The van der Waals surface area contributed by atoms with Gasteiger partial charge in [0.25, 0.3) is 11.1 Å². The summed E-state index contributed by atoms with van der Waals surface area (Å²) in [4.78, 5) is 37.0. The van der Waals surface area contributed by atoms with Crippen molar-refractivity contribution in [3.63, 3.8) is 0 Å². The molecule has 0 atom stereocenters. The van der Waals surface area contributed by atoms with Crippen LogP contribution < -0.4 is 4.74 Å². The van der Waals surface area contributed by atoms with Crippen LogP contribution >= 0.6 is 23.4 Å². The summed E-state index contributed by atoms with van der Waals surface area (Å²) in [5, 5.41) is -0.113. The summed E-state index contributed by atoms with van der Waals surface area (Å²) >= 11 is 6.81. The molecule has 1 aliphatic rings. The van der Waals surface area contributed by atoms with Gasteiger partial charge in [-0.1, -0.05) is 17.7 Å². The molecule has 1 fully saturated rings. The summed E-state index contributed by atoms with van der Waals surface area (Å²) in [7, 11) is 1.50. The SMILES string of the molecule is COc1ccc(/C=C2/SC(=O)N(CC(=O)OC(C)C)C2=O)cc1Cl. The summed E-state index contributed by atoms with van der Waals surface area (Å²) in [6.07, 6.45) is 1.23. The van der Waals surface area contributed by atoms with Gasteiger partial charge in [-0.15, -0.1) is 0 Å². The lowest BCUT2D eigenvalue weighted by Gasteiger charge is -2.13. The number of carbonyl (C=O) groups is 3. The Morgan fingerprint density at radius 3 is 2.67 bits per heavy atom. The number of esters is 1. The topological polar surface area (TPSA) is 72.9 Å². The number of imide groups is 1. The third kappa shape index (κ3) is 4.30. The van der Waals surface area contributed by atoms with Crippen molar-refractivity contribution in [1.82, 2.24) is 4.90 Å². The number of ether oxygens (including phenoxy) is 2. The maximum absolute atomic E-state index is 12.3. The first-order valence-electron chi connectivity index (χ1n) is 7.10. The van der Waals surface area contributed by atoms with Gasteiger partial charge >= 0.3 is 5.97 Å². The monoisotopic (exact) mass is 369 g/mol. The van der Waals surface area contributed by atoms with Crippen molar-refractivity contribution < 1.29 is 23.9 Å². The Hall–Kier alpha value is -1.99. The number of hydrogen-bond acceptors (Lipinski definition) is 6. The van der Waals surface area contributed by atoms with E-state index in [4.69, 9.17) is 21.1 Å². The Balaban J connectivity index is 2.15. The van der Waals surface area contributed by atoms with Gasteiger partial charge in [0.1, 0.15) is 12.3 Å². The summed E-state index contributed by atoms with van der Waals surface area (Å²) < 4.78 is 10.0. The van der Waals surface area contributed by atoms with E-state index >= 15 is 0 Å². The first-order chi connectivity index (χ1) is 11.3. The smallest absolute Gasteiger partial charge is 0.326 e. The molecule has 0 saturated carbocycles. The van der Waals surface area contributed by atoms with Crippen LogP contribution in [0.2, 0.25) is 5.02 Å². The zero-order valence-electron chi connectivity index (χ0n) is 13.4. The molecule has 1 saturated heterocycles. The Bertz CT molecular complexity index is 716. The van der Waals surface area contributed by atoms with Crippen molar-refractivity contribution in [3.8, 4) is 5.75 Å². The Morgan fingerprint density at radius 2 is 2.08 bits per heavy atom. The molecule has 0 N–H and O–H groups in total. The Kier molecular flexibility index (Phi) is 5.90. The summed E-state index contributed by atoms with van der Waals surface area (Å²) in [6.45, 7) is 2.99. The molecular weight excluding hydrogens is 354 g/mol. The van der Waals surface area contributed by atoms with Crippen LogP contribution in [0.5, 0.6) is 5.75 Å². The molecule has 128 valence electrons. The van der Waals surface area contributed by atoms with Gasteiger partial charge in [-0.25, -0.2) is 0 Å². The van der Waals surface area contributed by atoms with Crippen molar-refractivity contribution in [2.45, 2.75) is 20.0 Å². The van der Waals surface area contributed by atoms with Crippen LogP contribution in [0.15, 0.2) is 23.1 Å². The molecular formula is C16H16ClNO5S. The second-order valence-corrected chi connectivity index (χ2v) is 6.60. The molecule has 6 nitrogen and oxygen atoms in total. The van der Waals surface area contributed by atoms with Gasteiger partial charge in [0.15, 0.2) is 0 Å². The van der Waals surface area contributed by atoms with Gasteiger partial charge < -0.3 is 9.47 Å². The molecule has 8 heteroatoms. The molecule has 1 heterocycles. The van der Waals surface area contributed by atoms with Crippen LogP contribution in [-0.4, -0.2) is 41.8 Å². The van der Waals surface area contributed by atoms with E-state index in [1.807, 2.05) is 0 Å². The van der Waals surface area contributed by atoms with E-state index in [9.17, 15) is 14.4 Å². The molecule has 0 aromatic heterocycles. The maximum Gasteiger partial charge on any atom is 0.326 e. The Morgan fingerprint density at radius 1 is 1.38 bits per heavy atom. The van der Waals surface area contributed by atoms with Crippen LogP contribution in [0.4, 0.5) is 4.79 Å². The number of nitrogens with zero attached hydrogens (tertiary/aromatic N) is 1.